The number of rotatable bonds is 12. The molecule has 1 atom stereocenters. The fourth-order valence-corrected chi connectivity index (χ4v) is 6.46. The molecule has 2 aromatic heterocycles. The molecule has 6 rings (SSSR count). The van der Waals surface area contributed by atoms with Gasteiger partial charge in [0.2, 0.25) is 11.8 Å². The zero-order valence-electron chi connectivity index (χ0n) is 25.3. The second kappa shape index (κ2) is 14.3. The largest absolute Gasteiger partial charge is 0.481 e. The fraction of sp³-hybridized carbons (Fsp3) is 0.324. The number of anilines is 2. The molecule has 0 aliphatic carbocycles. The van der Waals surface area contributed by atoms with Crippen molar-refractivity contribution in [2.45, 2.75) is 32.0 Å². The molecule has 1 amide bonds. The first-order valence-corrected chi connectivity index (χ1v) is 16.0. The Bertz CT molecular complexity index is 1740. The molecule has 0 spiro atoms. The molecule has 0 bridgehead atoms. The molecule has 2 saturated heterocycles. The standard InChI is InChI=1S/C34H35Cl2FN6O3/c1-46-34-21(14-38-15-23-9-11-29(45)40-23)8-10-26(42-34)24-12-13-39-33(31(24)36)25-5-3-6-27(30(25)35)41-28-7-2-4-22(32(28)37)18-43-16-20(17-43)19-44/h2-8,10,12-13,20,23,38,41,44H,9,11,14-19H2,1H3,(H,40,45)/t23-/m0/s1. The van der Waals surface area contributed by atoms with Crippen molar-refractivity contribution in [1.82, 2.24) is 25.5 Å². The summed E-state index contributed by atoms with van der Waals surface area (Å²) >= 11 is 13.8. The van der Waals surface area contributed by atoms with Crippen LogP contribution in [0.2, 0.25) is 10.0 Å². The van der Waals surface area contributed by atoms with Gasteiger partial charge in [0.25, 0.3) is 0 Å². The van der Waals surface area contributed by atoms with Crippen molar-refractivity contribution in [1.29, 1.82) is 0 Å². The molecule has 4 heterocycles. The summed E-state index contributed by atoms with van der Waals surface area (Å²) in [6, 6.07) is 16.4. The first-order chi connectivity index (χ1) is 22.3. The molecule has 240 valence electrons. The molecule has 12 heteroatoms. The van der Waals surface area contributed by atoms with Gasteiger partial charge in [-0.25, -0.2) is 9.37 Å². The maximum atomic E-state index is 15.5. The quantitative estimate of drug-likeness (QED) is 0.150. The highest BCUT2D eigenvalue weighted by molar-refractivity contribution is 6.39. The molecule has 9 nitrogen and oxygen atoms in total. The number of carbonyl (C=O) groups is 1. The number of amides is 1. The van der Waals surface area contributed by atoms with E-state index in [-0.39, 0.29) is 30.3 Å². The molecule has 0 saturated carbocycles. The fourth-order valence-electron chi connectivity index (χ4n) is 5.89. The first kappa shape index (κ1) is 32.2. The average Bonchev–Trinajstić information content (AvgIpc) is 3.46. The predicted octanol–water partition coefficient (Wildman–Crippen LogP) is 5.80. The summed E-state index contributed by atoms with van der Waals surface area (Å²) in [6.07, 6.45) is 3.03. The van der Waals surface area contributed by atoms with Crippen LogP contribution < -0.4 is 20.7 Å². The minimum Gasteiger partial charge on any atom is -0.481 e. The molecule has 4 aromatic rings. The summed E-state index contributed by atoms with van der Waals surface area (Å²) in [4.78, 5) is 22.8. The van der Waals surface area contributed by atoms with Gasteiger partial charge in [-0.15, -0.1) is 0 Å². The highest BCUT2D eigenvalue weighted by Gasteiger charge is 2.27. The summed E-state index contributed by atoms with van der Waals surface area (Å²) in [5.74, 6) is 0.455. The van der Waals surface area contributed by atoms with E-state index in [1.807, 2.05) is 24.3 Å². The Labute approximate surface area is 277 Å². The van der Waals surface area contributed by atoms with Crippen LogP contribution in [0.25, 0.3) is 22.5 Å². The normalized spacial score (nSPS) is 16.7. The summed E-state index contributed by atoms with van der Waals surface area (Å²) in [5.41, 5.74) is 4.56. The third-order valence-electron chi connectivity index (χ3n) is 8.38. The summed E-state index contributed by atoms with van der Waals surface area (Å²) in [7, 11) is 1.57. The third-order valence-corrected chi connectivity index (χ3v) is 9.17. The summed E-state index contributed by atoms with van der Waals surface area (Å²) < 4.78 is 21.1. The Kier molecular flexibility index (Phi) is 10.0. The van der Waals surface area contributed by atoms with Crippen LogP contribution in [0, 0.1) is 11.7 Å². The van der Waals surface area contributed by atoms with Crippen molar-refractivity contribution in [3.05, 3.63) is 87.8 Å². The monoisotopic (exact) mass is 664 g/mol. The second-order valence-corrected chi connectivity index (χ2v) is 12.4. The molecule has 4 N–H and O–H groups in total. The lowest BCUT2D eigenvalue weighted by Gasteiger charge is -2.38. The number of nitrogens with one attached hydrogen (secondary N) is 3. The van der Waals surface area contributed by atoms with Gasteiger partial charge < -0.3 is 25.8 Å². The Hall–Kier alpha value is -3.80. The maximum absolute atomic E-state index is 15.5. The third kappa shape index (κ3) is 6.96. The number of methoxy groups -OCH3 is 1. The van der Waals surface area contributed by atoms with Crippen LogP contribution in [0.4, 0.5) is 15.8 Å². The molecule has 0 unspecified atom stereocenters. The lowest BCUT2D eigenvalue weighted by atomic mass is 10.00. The number of ether oxygens (including phenoxy) is 1. The number of hydrogen-bond acceptors (Lipinski definition) is 8. The van der Waals surface area contributed by atoms with E-state index in [0.29, 0.717) is 81.4 Å². The molecular formula is C34H35Cl2FN6O3. The van der Waals surface area contributed by atoms with Crippen molar-refractivity contribution < 1.29 is 19.0 Å². The van der Waals surface area contributed by atoms with Gasteiger partial charge in [0.1, 0.15) is 0 Å². The van der Waals surface area contributed by atoms with Crippen molar-refractivity contribution in [3.63, 3.8) is 0 Å². The van der Waals surface area contributed by atoms with Crippen LogP contribution in [0.1, 0.15) is 24.0 Å². The van der Waals surface area contributed by atoms with Crippen LogP contribution in [0.3, 0.4) is 0 Å². The number of aliphatic hydroxyl groups is 1. The highest BCUT2D eigenvalue weighted by atomic mass is 35.5. The number of carbonyl (C=O) groups excluding carboxylic acids is 1. The van der Waals surface area contributed by atoms with E-state index in [4.69, 9.17) is 32.9 Å². The van der Waals surface area contributed by atoms with E-state index < -0.39 is 0 Å². The molecule has 2 aliphatic heterocycles. The number of hydrogen-bond donors (Lipinski definition) is 4. The number of aliphatic hydroxyl groups excluding tert-OH is 1. The summed E-state index contributed by atoms with van der Waals surface area (Å²) in [5, 5.41) is 19.5. The van der Waals surface area contributed by atoms with Crippen LogP contribution in [-0.4, -0.2) is 65.3 Å². The van der Waals surface area contributed by atoms with Crippen molar-refractivity contribution in [2.24, 2.45) is 5.92 Å². The average molecular weight is 666 g/mol. The Balaban J connectivity index is 1.20. The smallest absolute Gasteiger partial charge is 0.220 e. The molecular weight excluding hydrogens is 630 g/mol. The van der Waals surface area contributed by atoms with Gasteiger partial charge in [-0.3, -0.25) is 14.7 Å². The first-order valence-electron chi connectivity index (χ1n) is 15.2. The van der Waals surface area contributed by atoms with Crippen LogP contribution >= 0.6 is 23.2 Å². The van der Waals surface area contributed by atoms with E-state index >= 15 is 4.39 Å². The minimum atomic E-state index is -0.349. The molecule has 0 radical (unpaired) electrons. The molecule has 2 aliphatic rings. The highest BCUT2D eigenvalue weighted by Crippen LogP contribution is 2.41. The Morgan fingerprint density at radius 1 is 1.04 bits per heavy atom. The Morgan fingerprint density at radius 2 is 1.85 bits per heavy atom. The number of pyridine rings is 2. The zero-order valence-corrected chi connectivity index (χ0v) is 26.8. The predicted molar refractivity (Wildman–Crippen MR) is 178 cm³/mol. The van der Waals surface area contributed by atoms with E-state index in [1.54, 1.807) is 43.6 Å². The molecule has 2 fully saturated rings. The van der Waals surface area contributed by atoms with Gasteiger partial charge in [0.05, 0.1) is 39.9 Å². The van der Waals surface area contributed by atoms with Crippen molar-refractivity contribution >= 4 is 40.5 Å². The van der Waals surface area contributed by atoms with Gasteiger partial charge in [-0.05, 0) is 30.7 Å². The lowest BCUT2D eigenvalue weighted by Crippen LogP contribution is -2.47. The van der Waals surface area contributed by atoms with Crippen LogP contribution in [0.15, 0.2) is 60.8 Å². The molecule has 46 heavy (non-hydrogen) atoms. The number of benzene rings is 2. The van der Waals surface area contributed by atoms with Gasteiger partial charge in [0, 0.05) is 86.2 Å². The number of halogens is 3. The number of likely N-dealkylation sites (tertiary alicyclic amines) is 1. The SMILES string of the molecule is COc1nc(-c2ccnc(-c3cccc(Nc4cccc(CN5CC(CO)C5)c4F)c3Cl)c2Cl)ccc1CNC[C@@H]1CCC(=O)N1. The lowest BCUT2D eigenvalue weighted by molar-refractivity contribution is -0.119. The number of nitrogens with zero attached hydrogens (tertiary/aromatic N) is 3. The van der Waals surface area contributed by atoms with Crippen LogP contribution in [0.5, 0.6) is 5.88 Å². The van der Waals surface area contributed by atoms with Gasteiger partial charge in [-0.2, -0.15) is 0 Å². The van der Waals surface area contributed by atoms with E-state index in [2.05, 4.69) is 25.8 Å². The topological polar surface area (TPSA) is 112 Å². The van der Waals surface area contributed by atoms with Gasteiger partial charge in [0.15, 0.2) is 5.82 Å². The Morgan fingerprint density at radius 3 is 2.61 bits per heavy atom. The van der Waals surface area contributed by atoms with E-state index in [9.17, 15) is 9.90 Å². The minimum absolute atomic E-state index is 0.0867. The van der Waals surface area contributed by atoms with Crippen molar-refractivity contribution in [2.75, 3.05) is 38.7 Å². The van der Waals surface area contributed by atoms with Gasteiger partial charge in [-0.1, -0.05) is 53.5 Å². The summed E-state index contributed by atoms with van der Waals surface area (Å²) in [6.45, 7) is 3.30. The van der Waals surface area contributed by atoms with Crippen LogP contribution in [-0.2, 0) is 17.9 Å². The maximum Gasteiger partial charge on any atom is 0.220 e. The van der Waals surface area contributed by atoms with Gasteiger partial charge >= 0.3 is 0 Å². The number of aromatic nitrogens is 2. The second-order valence-electron chi connectivity index (χ2n) is 11.6. The zero-order chi connectivity index (χ0) is 32.2. The van der Waals surface area contributed by atoms with E-state index in [1.165, 1.54) is 0 Å². The van der Waals surface area contributed by atoms with Crippen molar-refractivity contribution in [3.8, 4) is 28.4 Å². The molecule has 2 aromatic carbocycles. The van der Waals surface area contributed by atoms with E-state index in [0.717, 1.165) is 25.1 Å².